The minimum atomic E-state index is 0.264. The lowest BCUT2D eigenvalue weighted by Gasteiger charge is -2.11. The topological polar surface area (TPSA) is 73.2 Å². The van der Waals surface area contributed by atoms with E-state index in [-0.39, 0.29) is 5.92 Å². The summed E-state index contributed by atoms with van der Waals surface area (Å²) in [6.07, 6.45) is 3.93. The highest BCUT2D eigenvalue weighted by Crippen LogP contribution is 2.33. The summed E-state index contributed by atoms with van der Waals surface area (Å²) in [7, 11) is 3.30. The molecule has 5 heteroatoms. The Kier molecular flexibility index (Phi) is 5.22. The lowest BCUT2D eigenvalue weighted by Crippen LogP contribution is -2.13. The Labute approximate surface area is 125 Å². The summed E-state index contributed by atoms with van der Waals surface area (Å²) in [5, 5.41) is 0. The van der Waals surface area contributed by atoms with Crippen molar-refractivity contribution in [2.75, 3.05) is 20.8 Å². The van der Waals surface area contributed by atoms with Crippen LogP contribution < -0.4 is 15.2 Å². The van der Waals surface area contributed by atoms with Crippen molar-refractivity contribution in [2.24, 2.45) is 5.73 Å². The largest absolute Gasteiger partial charge is 0.497 e. The molecule has 1 unspecified atom stereocenters. The van der Waals surface area contributed by atoms with Crippen LogP contribution in [0.4, 0.5) is 0 Å². The molecular weight excluding hydrogens is 266 g/mol. The zero-order valence-electron chi connectivity index (χ0n) is 12.8. The molecule has 0 bridgehead atoms. The van der Waals surface area contributed by atoms with Gasteiger partial charge >= 0.3 is 0 Å². The summed E-state index contributed by atoms with van der Waals surface area (Å²) in [6, 6.07) is 5.70. The number of nitrogens with one attached hydrogen (secondary N) is 1. The molecule has 0 aliphatic carbocycles. The first-order valence-corrected chi connectivity index (χ1v) is 7.20. The molecule has 1 heterocycles. The van der Waals surface area contributed by atoms with Gasteiger partial charge in [-0.25, -0.2) is 4.98 Å². The standard InChI is InChI=1S/C16H23N3O2/c1-4-5-11(9-17)16-18-10-14(19-16)13-8-12(20-2)6-7-15(13)21-3/h6-8,10-11H,4-5,9,17H2,1-3H3,(H,18,19). The first-order valence-electron chi connectivity index (χ1n) is 7.20. The molecule has 0 saturated carbocycles. The van der Waals surface area contributed by atoms with Gasteiger partial charge in [0.15, 0.2) is 0 Å². The number of nitrogens with zero attached hydrogens (tertiary/aromatic N) is 1. The maximum atomic E-state index is 5.84. The Morgan fingerprint density at radius 3 is 2.71 bits per heavy atom. The van der Waals surface area contributed by atoms with Crippen LogP contribution in [0.15, 0.2) is 24.4 Å². The predicted molar refractivity (Wildman–Crippen MR) is 83.8 cm³/mol. The second-order valence-corrected chi connectivity index (χ2v) is 4.97. The fourth-order valence-corrected chi connectivity index (χ4v) is 2.42. The van der Waals surface area contributed by atoms with E-state index in [9.17, 15) is 0 Å². The number of imidazole rings is 1. The summed E-state index contributed by atoms with van der Waals surface area (Å²) in [5.74, 6) is 2.76. The highest BCUT2D eigenvalue weighted by Gasteiger charge is 2.15. The van der Waals surface area contributed by atoms with Gasteiger partial charge in [0, 0.05) is 18.0 Å². The minimum Gasteiger partial charge on any atom is -0.497 e. The third-order valence-electron chi connectivity index (χ3n) is 3.60. The average Bonchev–Trinajstić information content (AvgIpc) is 3.01. The number of rotatable bonds is 7. The van der Waals surface area contributed by atoms with Crippen LogP contribution >= 0.6 is 0 Å². The van der Waals surface area contributed by atoms with E-state index in [0.717, 1.165) is 41.4 Å². The molecule has 1 aromatic heterocycles. The van der Waals surface area contributed by atoms with Crippen LogP contribution in [0.2, 0.25) is 0 Å². The van der Waals surface area contributed by atoms with Crippen molar-refractivity contribution in [1.29, 1.82) is 0 Å². The fourth-order valence-electron chi connectivity index (χ4n) is 2.42. The van der Waals surface area contributed by atoms with Gasteiger partial charge in [0.05, 0.1) is 26.1 Å². The molecule has 5 nitrogen and oxygen atoms in total. The second-order valence-electron chi connectivity index (χ2n) is 4.97. The maximum absolute atomic E-state index is 5.84. The van der Waals surface area contributed by atoms with Crippen LogP contribution in [0.5, 0.6) is 11.5 Å². The summed E-state index contributed by atoms with van der Waals surface area (Å²) in [4.78, 5) is 7.85. The van der Waals surface area contributed by atoms with Gasteiger partial charge in [-0.05, 0) is 24.6 Å². The lowest BCUT2D eigenvalue weighted by molar-refractivity contribution is 0.404. The molecular formula is C16H23N3O2. The van der Waals surface area contributed by atoms with Crippen molar-refractivity contribution >= 4 is 0 Å². The predicted octanol–water partition coefficient (Wildman–Crippen LogP) is 2.94. The van der Waals surface area contributed by atoms with E-state index in [1.807, 2.05) is 24.4 Å². The highest BCUT2D eigenvalue weighted by molar-refractivity contribution is 5.68. The number of nitrogens with two attached hydrogens (primary N) is 1. The number of methoxy groups -OCH3 is 2. The molecule has 2 rings (SSSR count). The van der Waals surface area contributed by atoms with Gasteiger partial charge in [-0.15, -0.1) is 0 Å². The number of hydrogen-bond donors (Lipinski definition) is 2. The van der Waals surface area contributed by atoms with Crippen molar-refractivity contribution < 1.29 is 9.47 Å². The smallest absolute Gasteiger partial charge is 0.128 e. The van der Waals surface area contributed by atoms with E-state index in [2.05, 4.69) is 16.9 Å². The van der Waals surface area contributed by atoms with E-state index < -0.39 is 0 Å². The van der Waals surface area contributed by atoms with Crippen LogP contribution in [-0.4, -0.2) is 30.7 Å². The monoisotopic (exact) mass is 289 g/mol. The quantitative estimate of drug-likeness (QED) is 0.822. The Morgan fingerprint density at radius 1 is 1.29 bits per heavy atom. The fraction of sp³-hybridized carbons (Fsp3) is 0.438. The Morgan fingerprint density at radius 2 is 2.10 bits per heavy atom. The van der Waals surface area contributed by atoms with E-state index in [1.54, 1.807) is 14.2 Å². The van der Waals surface area contributed by atoms with Gasteiger partial charge in [0.25, 0.3) is 0 Å². The van der Waals surface area contributed by atoms with Crippen LogP contribution in [0.3, 0.4) is 0 Å². The van der Waals surface area contributed by atoms with Gasteiger partial charge in [0.2, 0.25) is 0 Å². The number of benzene rings is 1. The Hall–Kier alpha value is -2.01. The van der Waals surface area contributed by atoms with E-state index in [4.69, 9.17) is 15.2 Å². The van der Waals surface area contributed by atoms with Crippen LogP contribution in [0, 0.1) is 0 Å². The highest BCUT2D eigenvalue weighted by atomic mass is 16.5. The number of aromatic amines is 1. The second kappa shape index (κ2) is 7.13. The summed E-state index contributed by atoms with van der Waals surface area (Å²) in [6.45, 7) is 2.74. The van der Waals surface area contributed by atoms with Crippen molar-refractivity contribution in [3.8, 4) is 22.8 Å². The number of ether oxygens (including phenoxy) is 2. The third kappa shape index (κ3) is 3.36. The molecule has 1 aromatic carbocycles. The molecule has 0 fully saturated rings. The van der Waals surface area contributed by atoms with Crippen molar-refractivity contribution in [3.63, 3.8) is 0 Å². The van der Waals surface area contributed by atoms with Gasteiger partial charge in [-0.1, -0.05) is 13.3 Å². The van der Waals surface area contributed by atoms with Crippen LogP contribution in [0.25, 0.3) is 11.3 Å². The molecule has 114 valence electrons. The number of hydrogen-bond acceptors (Lipinski definition) is 4. The molecule has 0 saturated heterocycles. The van der Waals surface area contributed by atoms with E-state index in [0.29, 0.717) is 6.54 Å². The van der Waals surface area contributed by atoms with Crippen molar-refractivity contribution in [2.45, 2.75) is 25.7 Å². The average molecular weight is 289 g/mol. The number of H-pyrrole nitrogens is 1. The molecule has 0 amide bonds. The summed E-state index contributed by atoms with van der Waals surface area (Å²) >= 11 is 0. The Bertz CT molecular complexity index is 581. The molecule has 21 heavy (non-hydrogen) atoms. The molecule has 0 spiro atoms. The van der Waals surface area contributed by atoms with Crippen molar-refractivity contribution in [3.05, 3.63) is 30.2 Å². The van der Waals surface area contributed by atoms with Crippen LogP contribution in [0.1, 0.15) is 31.5 Å². The molecule has 0 aliphatic rings. The maximum Gasteiger partial charge on any atom is 0.128 e. The van der Waals surface area contributed by atoms with Gasteiger partial charge in [0.1, 0.15) is 17.3 Å². The van der Waals surface area contributed by atoms with Gasteiger partial charge < -0.3 is 20.2 Å². The molecule has 1 atom stereocenters. The third-order valence-corrected chi connectivity index (χ3v) is 3.60. The SMILES string of the molecule is CCCC(CN)c1ncc(-c2cc(OC)ccc2OC)[nH]1. The molecule has 3 N–H and O–H groups in total. The normalized spacial score (nSPS) is 12.2. The van der Waals surface area contributed by atoms with Crippen molar-refractivity contribution in [1.82, 2.24) is 9.97 Å². The van der Waals surface area contributed by atoms with Crippen LogP contribution in [-0.2, 0) is 0 Å². The Balaban J connectivity index is 2.36. The van der Waals surface area contributed by atoms with Gasteiger partial charge in [-0.2, -0.15) is 0 Å². The zero-order chi connectivity index (χ0) is 15.2. The first kappa shape index (κ1) is 15.4. The molecule has 0 radical (unpaired) electrons. The van der Waals surface area contributed by atoms with E-state index in [1.165, 1.54) is 0 Å². The molecule has 2 aromatic rings. The minimum absolute atomic E-state index is 0.264. The molecule has 0 aliphatic heterocycles. The summed E-state index contributed by atoms with van der Waals surface area (Å²) in [5.41, 5.74) is 7.68. The van der Waals surface area contributed by atoms with E-state index >= 15 is 0 Å². The van der Waals surface area contributed by atoms with Gasteiger partial charge in [-0.3, -0.25) is 0 Å². The summed E-state index contributed by atoms with van der Waals surface area (Å²) < 4.78 is 10.7. The zero-order valence-corrected chi connectivity index (χ0v) is 12.8. The first-order chi connectivity index (χ1) is 10.2. The number of aromatic nitrogens is 2. The lowest BCUT2D eigenvalue weighted by atomic mass is 10.0.